The first kappa shape index (κ1) is 33.4. The van der Waals surface area contributed by atoms with Crippen LogP contribution in [0.4, 0.5) is 0 Å². The fraction of sp³-hybridized carbons (Fsp3) is 0.889. The normalized spacial score (nSPS) is 42.3. The average molecular weight is 602 g/mol. The molecule has 2 heterocycles. The lowest BCUT2D eigenvalue weighted by Crippen LogP contribution is -2.69. The first-order valence-corrected chi connectivity index (χ1v) is 14.9. The lowest BCUT2D eigenvalue weighted by Gasteiger charge is -2.50. The van der Waals surface area contributed by atoms with Gasteiger partial charge in [-0.25, -0.2) is 0 Å². The molecule has 0 aromatic carbocycles. The molecule has 4 aliphatic rings. The molecule has 0 bridgehead atoms. The number of aliphatic hydroxyl groups excluding tert-OH is 3. The van der Waals surface area contributed by atoms with Crippen molar-refractivity contribution < 1.29 is 39.4 Å². The van der Waals surface area contributed by atoms with Gasteiger partial charge in [-0.2, -0.15) is 0 Å². The van der Waals surface area contributed by atoms with E-state index in [4.69, 9.17) is 37.1 Å². The molecule has 242 valence electrons. The predicted molar refractivity (Wildman–Crippen MR) is 152 cm³/mol. The standard InChI is InChI=1S/C27H51N7O8/c1-26(39)12-40-25(20(37)23(26)32-2)42-22-16(34-24(38)17(35)8-28)7-15(31)18(19(22)36)21-14(30)4-3-13(41-21)9-33-11-27(10-29)5-6-27/h3,14-23,25,32-33,35-37,39H,4-12,28-31H2,1-2H3,(H,34,38)/t14-,15+,16-,17+,18-,19+,20-,21?,22+,23-,25-,26+/m1/s1. The van der Waals surface area contributed by atoms with E-state index in [1.807, 2.05) is 6.08 Å². The maximum absolute atomic E-state index is 12.6. The topological polar surface area (TPSA) is 266 Å². The highest BCUT2D eigenvalue weighted by Crippen LogP contribution is 2.43. The summed E-state index contributed by atoms with van der Waals surface area (Å²) in [6, 6.07) is -2.80. The van der Waals surface area contributed by atoms with Crippen molar-refractivity contribution in [3.05, 3.63) is 11.8 Å². The molecule has 2 aliphatic heterocycles. The summed E-state index contributed by atoms with van der Waals surface area (Å²) < 4.78 is 18.2. The van der Waals surface area contributed by atoms with E-state index in [-0.39, 0.29) is 25.0 Å². The minimum Gasteiger partial charge on any atom is -0.492 e. The number of hydrogen-bond acceptors (Lipinski definition) is 14. The third kappa shape index (κ3) is 7.25. The van der Waals surface area contributed by atoms with Gasteiger partial charge in [0.2, 0.25) is 5.91 Å². The smallest absolute Gasteiger partial charge is 0.250 e. The molecule has 1 amide bonds. The monoisotopic (exact) mass is 601 g/mol. The van der Waals surface area contributed by atoms with Crippen molar-refractivity contribution in [1.29, 1.82) is 0 Å². The minimum absolute atomic E-state index is 0.147. The second-order valence-corrected chi connectivity index (χ2v) is 12.7. The Bertz CT molecular complexity index is 953. The molecule has 0 aromatic rings. The van der Waals surface area contributed by atoms with E-state index in [9.17, 15) is 25.2 Å². The largest absolute Gasteiger partial charge is 0.492 e. The van der Waals surface area contributed by atoms with Crippen molar-refractivity contribution in [3.63, 3.8) is 0 Å². The number of carbonyl (C=O) groups is 1. The molecule has 12 atom stereocenters. The van der Waals surface area contributed by atoms with E-state index in [2.05, 4.69) is 16.0 Å². The summed E-state index contributed by atoms with van der Waals surface area (Å²) in [4.78, 5) is 12.6. The number of carbonyl (C=O) groups excluding carboxylic acids is 1. The van der Waals surface area contributed by atoms with Crippen molar-refractivity contribution in [1.82, 2.24) is 16.0 Å². The van der Waals surface area contributed by atoms with E-state index in [0.717, 1.165) is 19.4 Å². The molecule has 1 saturated heterocycles. The average Bonchev–Trinajstić information content (AvgIpc) is 3.73. The zero-order valence-corrected chi connectivity index (χ0v) is 24.5. The molecule has 42 heavy (non-hydrogen) atoms. The zero-order chi connectivity index (χ0) is 30.8. The molecule has 15 heteroatoms. The molecule has 15 nitrogen and oxygen atoms in total. The van der Waals surface area contributed by atoms with Crippen molar-refractivity contribution in [2.24, 2.45) is 34.3 Å². The van der Waals surface area contributed by atoms with E-state index in [1.54, 1.807) is 7.05 Å². The third-order valence-electron chi connectivity index (χ3n) is 9.33. The fourth-order valence-electron chi connectivity index (χ4n) is 6.43. The number of ether oxygens (including phenoxy) is 3. The Kier molecular flexibility index (Phi) is 10.9. The van der Waals surface area contributed by atoms with Gasteiger partial charge in [0.1, 0.15) is 35.8 Å². The highest BCUT2D eigenvalue weighted by molar-refractivity contribution is 5.81. The molecule has 1 unspecified atom stereocenters. The number of nitrogens with two attached hydrogens (primary N) is 4. The van der Waals surface area contributed by atoms with Gasteiger partial charge in [-0.1, -0.05) is 0 Å². The number of hydrogen-bond donors (Lipinski definition) is 11. The first-order valence-electron chi connectivity index (χ1n) is 14.9. The van der Waals surface area contributed by atoms with Gasteiger partial charge in [0, 0.05) is 31.1 Å². The van der Waals surface area contributed by atoms with Crippen LogP contribution in [0.15, 0.2) is 11.8 Å². The molecular formula is C27H51N7O8. The Morgan fingerprint density at radius 3 is 2.55 bits per heavy atom. The molecule has 0 aromatic heterocycles. The molecule has 0 spiro atoms. The number of aliphatic hydroxyl groups is 4. The minimum atomic E-state index is -1.47. The highest BCUT2D eigenvalue weighted by Gasteiger charge is 2.53. The lowest BCUT2D eigenvalue weighted by atomic mass is 9.72. The van der Waals surface area contributed by atoms with Gasteiger partial charge in [-0.3, -0.25) is 4.79 Å². The Morgan fingerprint density at radius 1 is 1.21 bits per heavy atom. The molecule has 2 aliphatic carbocycles. The van der Waals surface area contributed by atoms with Crippen LogP contribution < -0.4 is 38.9 Å². The number of likely N-dealkylation sites (N-methyl/N-ethyl adjacent to an activating group) is 1. The van der Waals surface area contributed by atoms with Crippen molar-refractivity contribution in [2.45, 2.75) is 99.2 Å². The molecule has 3 fully saturated rings. The van der Waals surface area contributed by atoms with Crippen LogP contribution in [0.3, 0.4) is 0 Å². The maximum Gasteiger partial charge on any atom is 0.250 e. The summed E-state index contributed by atoms with van der Waals surface area (Å²) in [5, 5.41) is 52.4. The zero-order valence-electron chi connectivity index (χ0n) is 24.5. The van der Waals surface area contributed by atoms with Crippen LogP contribution in [-0.2, 0) is 19.0 Å². The third-order valence-corrected chi connectivity index (χ3v) is 9.33. The summed E-state index contributed by atoms with van der Waals surface area (Å²) in [6.07, 6.45) is -2.37. The molecule has 2 saturated carbocycles. The Hall–Kier alpha value is -1.47. The van der Waals surface area contributed by atoms with Crippen LogP contribution in [0, 0.1) is 11.3 Å². The van der Waals surface area contributed by atoms with Crippen LogP contribution in [0.5, 0.6) is 0 Å². The molecule has 15 N–H and O–H groups in total. The van der Waals surface area contributed by atoms with Gasteiger partial charge in [-0.05, 0) is 57.7 Å². The quantitative estimate of drug-likeness (QED) is 0.100. The van der Waals surface area contributed by atoms with Crippen LogP contribution in [0.1, 0.15) is 32.6 Å². The molecule has 4 rings (SSSR count). The fourth-order valence-corrected chi connectivity index (χ4v) is 6.43. The first-order chi connectivity index (χ1) is 19.9. The summed E-state index contributed by atoms with van der Waals surface area (Å²) in [7, 11) is 1.59. The van der Waals surface area contributed by atoms with Gasteiger partial charge >= 0.3 is 0 Å². The van der Waals surface area contributed by atoms with Crippen molar-refractivity contribution >= 4 is 5.91 Å². The van der Waals surface area contributed by atoms with Gasteiger partial charge < -0.3 is 73.5 Å². The van der Waals surface area contributed by atoms with Crippen molar-refractivity contribution in [2.75, 3.05) is 39.8 Å². The Labute approximate surface area is 246 Å². The Balaban J connectivity index is 1.51. The van der Waals surface area contributed by atoms with Gasteiger partial charge in [0.05, 0.1) is 31.3 Å². The van der Waals surface area contributed by atoms with E-state index >= 15 is 0 Å². The van der Waals surface area contributed by atoms with Crippen LogP contribution in [0.2, 0.25) is 0 Å². The number of amides is 1. The van der Waals surface area contributed by atoms with Gasteiger partial charge in [0.25, 0.3) is 0 Å². The maximum atomic E-state index is 12.6. The predicted octanol–water partition coefficient (Wildman–Crippen LogP) is -4.73. The van der Waals surface area contributed by atoms with Crippen LogP contribution in [0.25, 0.3) is 0 Å². The second kappa shape index (κ2) is 13.7. The highest BCUT2D eigenvalue weighted by atomic mass is 16.7. The van der Waals surface area contributed by atoms with Crippen molar-refractivity contribution in [3.8, 4) is 0 Å². The summed E-state index contributed by atoms with van der Waals surface area (Å²) >= 11 is 0. The molecule has 0 radical (unpaired) electrons. The Morgan fingerprint density at radius 2 is 1.93 bits per heavy atom. The van der Waals surface area contributed by atoms with E-state index in [0.29, 0.717) is 25.3 Å². The van der Waals surface area contributed by atoms with Crippen LogP contribution in [-0.4, -0.2) is 133 Å². The SMILES string of the molecule is CN[C@@H]1[C@@H](O)[C@@H](O[C@@H]2[C@@H](O)[C@H](C3OC(CNCC4(CN)CC4)=CC[C@H]3N)[C@@H](N)C[C@H]2NC(=O)[C@@H](O)CN)OC[C@]1(C)O. The van der Waals surface area contributed by atoms with Gasteiger partial charge in [-0.15, -0.1) is 0 Å². The lowest BCUT2D eigenvalue weighted by molar-refractivity contribution is -0.297. The van der Waals surface area contributed by atoms with E-state index < -0.39 is 78.4 Å². The molecular weight excluding hydrogens is 550 g/mol. The van der Waals surface area contributed by atoms with Crippen LogP contribution >= 0.6 is 0 Å². The second-order valence-electron chi connectivity index (χ2n) is 12.7. The van der Waals surface area contributed by atoms with Gasteiger partial charge in [0.15, 0.2) is 6.29 Å². The number of nitrogens with one attached hydrogen (secondary N) is 3. The summed E-state index contributed by atoms with van der Waals surface area (Å²) in [5.41, 5.74) is 23.2. The summed E-state index contributed by atoms with van der Waals surface area (Å²) in [6.45, 7) is 2.96. The number of rotatable bonds is 12. The van der Waals surface area contributed by atoms with E-state index in [1.165, 1.54) is 6.92 Å². The summed E-state index contributed by atoms with van der Waals surface area (Å²) in [5.74, 6) is -0.759.